The van der Waals surface area contributed by atoms with Gasteiger partial charge >= 0.3 is 0 Å². The lowest BCUT2D eigenvalue weighted by molar-refractivity contribution is 0.0398. The van der Waals surface area contributed by atoms with E-state index in [0.29, 0.717) is 35.4 Å². The Morgan fingerprint density at radius 2 is 1.93 bits per heavy atom. The lowest BCUT2D eigenvalue weighted by Crippen LogP contribution is -2.39. The largest absolute Gasteiger partial charge is 0.437 e. The minimum Gasteiger partial charge on any atom is -0.437 e. The van der Waals surface area contributed by atoms with Crippen molar-refractivity contribution in [2.24, 2.45) is 0 Å². The van der Waals surface area contributed by atoms with Gasteiger partial charge in [-0.3, -0.25) is 9.69 Å². The van der Waals surface area contributed by atoms with Gasteiger partial charge in [-0.05, 0) is 56.0 Å². The fourth-order valence-corrected chi connectivity index (χ4v) is 4.86. The number of anilines is 1. The van der Waals surface area contributed by atoms with Crippen LogP contribution in [0.25, 0.3) is 16.9 Å². The lowest BCUT2D eigenvalue weighted by atomic mass is 10.0. The number of fused-ring (bicyclic) bond motifs is 1. The van der Waals surface area contributed by atoms with Gasteiger partial charge in [0, 0.05) is 55.5 Å². The number of amides is 1. The molecule has 0 atom stereocenters. The Hall–Kier alpha value is -4.02. The Labute approximate surface area is 232 Å². The van der Waals surface area contributed by atoms with Crippen LogP contribution in [0.15, 0.2) is 48.7 Å². The van der Waals surface area contributed by atoms with E-state index in [1.807, 2.05) is 32.0 Å². The SMILES string of the molecule is Cc1ccc(F)cc1Oc1cc(NCCN2CCOCC2)c2ncc(-c3ccc(C(=O)NC4CC4)c(C)c3)n2n1. The second kappa shape index (κ2) is 11.2. The lowest BCUT2D eigenvalue weighted by Gasteiger charge is -2.26. The van der Waals surface area contributed by atoms with Crippen molar-refractivity contribution in [3.63, 3.8) is 0 Å². The number of morpholine rings is 1. The van der Waals surface area contributed by atoms with E-state index in [0.717, 1.165) is 73.8 Å². The van der Waals surface area contributed by atoms with Gasteiger partial charge in [0.25, 0.3) is 5.91 Å². The van der Waals surface area contributed by atoms with Gasteiger partial charge in [-0.2, -0.15) is 0 Å². The van der Waals surface area contributed by atoms with Crippen molar-refractivity contribution in [2.45, 2.75) is 32.7 Å². The standard InChI is InChI=1S/C30H33FN6O3/c1-19-3-5-22(31)16-27(19)40-28-17-25(32-9-10-36-11-13-39-14-12-36)29-33-18-26(37(29)35-28)21-4-8-24(20(2)15-21)30(38)34-23-6-7-23/h3-5,8,15-18,23,32H,6-7,9-14H2,1-2H3,(H,34,38). The average Bonchev–Trinajstić information content (AvgIpc) is 3.66. The number of nitrogens with zero attached hydrogens (tertiary/aromatic N) is 4. The zero-order valence-electron chi connectivity index (χ0n) is 22.7. The van der Waals surface area contributed by atoms with Crippen LogP contribution in [0.2, 0.25) is 0 Å². The molecule has 4 aromatic rings. The van der Waals surface area contributed by atoms with E-state index in [1.54, 1.807) is 22.8 Å². The molecule has 1 saturated carbocycles. The molecule has 0 spiro atoms. The van der Waals surface area contributed by atoms with Crippen LogP contribution < -0.4 is 15.4 Å². The highest BCUT2D eigenvalue weighted by Crippen LogP contribution is 2.31. The summed E-state index contributed by atoms with van der Waals surface area (Å²) in [5, 5.41) is 11.3. The van der Waals surface area contributed by atoms with E-state index in [1.165, 1.54) is 12.1 Å². The molecule has 2 aliphatic rings. The van der Waals surface area contributed by atoms with Gasteiger partial charge in [0.05, 0.1) is 30.8 Å². The minimum atomic E-state index is -0.379. The molecule has 208 valence electrons. The van der Waals surface area contributed by atoms with Gasteiger partial charge in [0.1, 0.15) is 11.6 Å². The van der Waals surface area contributed by atoms with Gasteiger partial charge in [0.2, 0.25) is 5.88 Å². The molecule has 1 amide bonds. The summed E-state index contributed by atoms with van der Waals surface area (Å²) in [6, 6.07) is 12.3. The second-order valence-corrected chi connectivity index (χ2v) is 10.4. The molecule has 0 bridgehead atoms. The minimum absolute atomic E-state index is 0.0456. The summed E-state index contributed by atoms with van der Waals surface area (Å²) in [6.45, 7) is 8.65. The number of halogens is 1. The average molecular weight is 545 g/mol. The third-order valence-electron chi connectivity index (χ3n) is 7.34. The van der Waals surface area contributed by atoms with Gasteiger partial charge in [0.15, 0.2) is 5.65 Å². The molecule has 1 aliphatic heterocycles. The Morgan fingerprint density at radius 1 is 1.10 bits per heavy atom. The molecule has 9 nitrogen and oxygen atoms in total. The van der Waals surface area contributed by atoms with Crippen molar-refractivity contribution < 1.29 is 18.7 Å². The van der Waals surface area contributed by atoms with Crippen LogP contribution in [-0.2, 0) is 4.74 Å². The molecule has 2 aromatic carbocycles. The predicted octanol–water partition coefficient (Wildman–Crippen LogP) is 4.58. The maximum Gasteiger partial charge on any atom is 0.251 e. The first-order valence-electron chi connectivity index (χ1n) is 13.7. The first kappa shape index (κ1) is 26.2. The monoisotopic (exact) mass is 544 g/mol. The van der Waals surface area contributed by atoms with Crippen molar-refractivity contribution in [1.82, 2.24) is 24.8 Å². The van der Waals surface area contributed by atoms with Crippen LogP contribution in [0.5, 0.6) is 11.6 Å². The van der Waals surface area contributed by atoms with Crippen LogP contribution >= 0.6 is 0 Å². The zero-order chi connectivity index (χ0) is 27.6. The number of carbonyl (C=O) groups is 1. The quantitative estimate of drug-likeness (QED) is 0.319. The van der Waals surface area contributed by atoms with E-state index in [9.17, 15) is 9.18 Å². The summed E-state index contributed by atoms with van der Waals surface area (Å²) in [7, 11) is 0. The summed E-state index contributed by atoms with van der Waals surface area (Å²) in [5.74, 6) is 0.284. The van der Waals surface area contributed by atoms with Crippen LogP contribution in [0.3, 0.4) is 0 Å². The van der Waals surface area contributed by atoms with Gasteiger partial charge in [-0.1, -0.05) is 12.1 Å². The van der Waals surface area contributed by atoms with Crippen molar-refractivity contribution in [2.75, 3.05) is 44.7 Å². The number of aromatic nitrogens is 3. The number of hydrogen-bond donors (Lipinski definition) is 2. The van der Waals surface area contributed by atoms with Crippen molar-refractivity contribution in [1.29, 1.82) is 0 Å². The van der Waals surface area contributed by atoms with Crippen LogP contribution in [-0.4, -0.2) is 70.8 Å². The molecular formula is C30H33FN6O3. The third-order valence-corrected chi connectivity index (χ3v) is 7.34. The highest BCUT2D eigenvalue weighted by molar-refractivity contribution is 5.96. The molecule has 1 saturated heterocycles. The molecule has 2 N–H and O–H groups in total. The summed E-state index contributed by atoms with van der Waals surface area (Å²) in [5.41, 5.74) is 5.37. The highest BCUT2D eigenvalue weighted by Gasteiger charge is 2.24. The molecule has 3 heterocycles. The van der Waals surface area contributed by atoms with Crippen molar-refractivity contribution in [3.05, 3.63) is 71.2 Å². The number of hydrogen-bond acceptors (Lipinski definition) is 7. The van der Waals surface area contributed by atoms with Crippen LogP contribution in [0.1, 0.15) is 34.3 Å². The molecule has 0 unspecified atom stereocenters. The molecule has 2 aromatic heterocycles. The normalized spacial score (nSPS) is 15.8. The second-order valence-electron chi connectivity index (χ2n) is 10.4. The van der Waals surface area contributed by atoms with Gasteiger partial charge in [-0.15, -0.1) is 5.10 Å². The number of rotatable bonds is 9. The molecule has 2 fully saturated rings. The van der Waals surface area contributed by atoms with E-state index >= 15 is 0 Å². The summed E-state index contributed by atoms with van der Waals surface area (Å²) >= 11 is 0. The Kier molecular flexibility index (Phi) is 7.36. The van der Waals surface area contributed by atoms with Crippen LogP contribution in [0.4, 0.5) is 10.1 Å². The Morgan fingerprint density at radius 3 is 2.70 bits per heavy atom. The summed E-state index contributed by atoms with van der Waals surface area (Å²) < 4.78 is 27.3. The molecule has 10 heteroatoms. The zero-order valence-corrected chi connectivity index (χ0v) is 22.7. The number of nitrogens with one attached hydrogen (secondary N) is 2. The summed E-state index contributed by atoms with van der Waals surface area (Å²) in [4.78, 5) is 19.7. The van der Waals surface area contributed by atoms with E-state index in [-0.39, 0.29) is 11.7 Å². The third kappa shape index (κ3) is 5.78. The molecule has 0 radical (unpaired) electrons. The van der Waals surface area contributed by atoms with E-state index < -0.39 is 0 Å². The predicted molar refractivity (Wildman–Crippen MR) is 151 cm³/mol. The molecule has 1 aliphatic carbocycles. The molecule has 40 heavy (non-hydrogen) atoms. The maximum atomic E-state index is 14.0. The number of benzene rings is 2. The van der Waals surface area contributed by atoms with E-state index in [2.05, 4.69) is 20.5 Å². The maximum absolute atomic E-state index is 14.0. The number of aryl methyl sites for hydroxylation is 2. The fraction of sp³-hybridized carbons (Fsp3) is 0.367. The van der Waals surface area contributed by atoms with Crippen molar-refractivity contribution in [3.8, 4) is 22.9 Å². The first-order chi connectivity index (χ1) is 19.4. The van der Waals surface area contributed by atoms with Gasteiger partial charge in [-0.25, -0.2) is 13.9 Å². The Bertz CT molecular complexity index is 1540. The van der Waals surface area contributed by atoms with Crippen molar-refractivity contribution >= 4 is 17.2 Å². The van der Waals surface area contributed by atoms with Gasteiger partial charge < -0.3 is 20.1 Å². The number of imidazole rings is 1. The fourth-order valence-electron chi connectivity index (χ4n) is 4.86. The molecule has 6 rings (SSSR count). The van der Waals surface area contributed by atoms with E-state index in [4.69, 9.17) is 14.6 Å². The first-order valence-corrected chi connectivity index (χ1v) is 13.7. The summed E-state index contributed by atoms with van der Waals surface area (Å²) in [6.07, 6.45) is 3.85. The Balaban J connectivity index is 1.33. The number of ether oxygens (including phenoxy) is 2. The highest BCUT2D eigenvalue weighted by atomic mass is 19.1. The molecular weight excluding hydrogens is 511 g/mol. The smallest absolute Gasteiger partial charge is 0.251 e. The topological polar surface area (TPSA) is 93.0 Å². The number of carbonyl (C=O) groups excluding carboxylic acids is 1. The van der Waals surface area contributed by atoms with Crippen LogP contribution in [0, 0.1) is 19.7 Å².